The van der Waals surface area contributed by atoms with Crippen molar-refractivity contribution in [3.63, 3.8) is 0 Å². The second-order valence-corrected chi connectivity index (χ2v) is 5.80. The summed E-state index contributed by atoms with van der Waals surface area (Å²) >= 11 is 13.8. The van der Waals surface area contributed by atoms with Gasteiger partial charge in [-0.05, 0) is 12.1 Å². The number of nitrogens with one attached hydrogen (secondary N) is 1. The highest BCUT2D eigenvalue weighted by Crippen LogP contribution is 2.34. The molecule has 0 aliphatic heterocycles. The summed E-state index contributed by atoms with van der Waals surface area (Å²) in [6, 6.07) is 15.4. The van der Waals surface area contributed by atoms with Gasteiger partial charge in [-0.1, -0.05) is 59.6 Å². The van der Waals surface area contributed by atoms with E-state index < -0.39 is 0 Å². The van der Waals surface area contributed by atoms with E-state index in [1.54, 1.807) is 12.1 Å². The van der Waals surface area contributed by atoms with Gasteiger partial charge in [0.05, 0.1) is 21.4 Å². The lowest BCUT2D eigenvalue weighted by Crippen LogP contribution is -1.91. The van der Waals surface area contributed by atoms with E-state index in [2.05, 4.69) is 10.3 Å². The van der Waals surface area contributed by atoms with E-state index in [1.807, 2.05) is 41.8 Å². The second-order valence-electron chi connectivity index (χ2n) is 4.13. The molecule has 6 heteroatoms. The number of hydrogen-bond donors (Lipinski definition) is 1. The van der Waals surface area contributed by atoms with Crippen LogP contribution in [0.5, 0.6) is 0 Å². The van der Waals surface area contributed by atoms with Crippen LogP contribution >= 0.6 is 51.5 Å². The Morgan fingerprint density at radius 3 is 2.24 bits per heavy atom. The van der Waals surface area contributed by atoms with E-state index in [1.165, 1.54) is 11.3 Å². The zero-order chi connectivity index (χ0) is 13.9. The quantitative estimate of drug-likeness (QED) is 0.546. The highest BCUT2D eigenvalue weighted by atomic mass is 79.9. The molecule has 0 atom stereocenters. The predicted octanol–water partition coefficient (Wildman–Crippen LogP) is 6.44. The van der Waals surface area contributed by atoms with E-state index in [0.717, 1.165) is 16.4 Å². The van der Waals surface area contributed by atoms with Crippen molar-refractivity contribution in [1.82, 2.24) is 4.98 Å². The summed E-state index contributed by atoms with van der Waals surface area (Å²) in [5, 5.41) is 7.09. The molecule has 0 saturated heterocycles. The lowest BCUT2D eigenvalue weighted by atomic mass is 10.2. The topological polar surface area (TPSA) is 24.9 Å². The molecule has 108 valence electrons. The SMILES string of the molecule is Br.Clc1cccc(Cl)c1Nc1nc(-c2ccccc2)cs1. The number of aromatic nitrogens is 1. The third-order valence-electron chi connectivity index (χ3n) is 2.77. The minimum Gasteiger partial charge on any atom is -0.329 e. The number of halogens is 3. The van der Waals surface area contributed by atoms with Gasteiger partial charge in [0, 0.05) is 10.9 Å². The van der Waals surface area contributed by atoms with Gasteiger partial charge in [-0.3, -0.25) is 0 Å². The van der Waals surface area contributed by atoms with Crippen molar-refractivity contribution in [2.75, 3.05) is 5.32 Å². The standard InChI is InChI=1S/C15H10Cl2N2S.BrH/c16-11-7-4-8-12(17)14(11)19-15-18-13(9-20-15)10-5-2-1-3-6-10;/h1-9H,(H,18,19);1H. The van der Waals surface area contributed by atoms with E-state index in [0.29, 0.717) is 15.7 Å². The molecule has 0 radical (unpaired) electrons. The fraction of sp³-hybridized carbons (Fsp3) is 0. The molecule has 3 aromatic rings. The third kappa shape index (κ3) is 3.77. The fourth-order valence-electron chi connectivity index (χ4n) is 1.80. The van der Waals surface area contributed by atoms with Gasteiger partial charge >= 0.3 is 0 Å². The molecular weight excluding hydrogens is 391 g/mol. The van der Waals surface area contributed by atoms with Crippen molar-refractivity contribution in [3.05, 3.63) is 64.0 Å². The van der Waals surface area contributed by atoms with Crippen LogP contribution < -0.4 is 5.32 Å². The summed E-state index contributed by atoms with van der Waals surface area (Å²) in [5.41, 5.74) is 2.70. The van der Waals surface area contributed by atoms with Crippen molar-refractivity contribution >= 4 is 62.3 Å². The molecule has 1 aromatic heterocycles. The molecule has 2 nitrogen and oxygen atoms in total. The minimum absolute atomic E-state index is 0. The average molecular weight is 402 g/mol. The number of anilines is 2. The summed E-state index contributed by atoms with van der Waals surface area (Å²) in [4.78, 5) is 4.55. The molecule has 0 aliphatic rings. The minimum atomic E-state index is 0. The largest absolute Gasteiger partial charge is 0.329 e. The van der Waals surface area contributed by atoms with Crippen molar-refractivity contribution in [3.8, 4) is 11.3 Å². The molecule has 2 aromatic carbocycles. The molecule has 1 heterocycles. The number of nitrogens with zero attached hydrogens (tertiary/aromatic N) is 1. The third-order valence-corrected chi connectivity index (χ3v) is 4.16. The Morgan fingerprint density at radius 2 is 1.57 bits per heavy atom. The van der Waals surface area contributed by atoms with E-state index in [9.17, 15) is 0 Å². The number of para-hydroxylation sites is 1. The van der Waals surface area contributed by atoms with Crippen LogP contribution in [0.15, 0.2) is 53.9 Å². The van der Waals surface area contributed by atoms with Crippen molar-refractivity contribution < 1.29 is 0 Å². The Bertz CT molecular complexity index is 711. The smallest absolute Gasteiger partial charge is 0.187 e. The normalized spacial score (nSPS) is 10.0. The highest BCUT2D eigenvalue weighted by molar-refractivity contribution is 8.93. The van der Waals surface area contributed by atoms with Crippen LogP contribution in [0.2, 0.25) is 10.0 Å². The van der Waals surface area contributed by atoms with Gasteiger partial charge in [0.15, 0.2) is 5.13 Å². The summed E-state index contributed by atoms with van der Waals surface area (Å²) in [7, 11) is 0. The molecule has 0 spiro atoms. The second kappa shape index (κ2) is 7.27. The molecule has 1 N–H and O–H groups in total. The summed E-state index contributed by atoms with van der Waals surface area (Å²) < 4.78 is 0. The maximum Gasteiger partial charge on any atom is 0.187 e. The Balaban J connectivity index is 0.00000161. The lowest BCUT2D eigenvalue weighted by molar-refractivity contribution is 1.38. The highest BCUT2D eigenvalue weighted by Gasteiger charge is 2.09. The first-order valence-electron chi connectivity index (χ1n) is 5.96. The number of hydrogen-bond acceptors (Lipinski definition) is 3. The van der Waals surface area contributed by atoms with Crippen LogP contribution in [0.1, 0.15) is 0 Å². The summed E-state index contributed by atoms with van der Waals surface area (Å²) in [5.74, 6) is 0. The Hall–Kier alpha value is -1.07. The molecule has 21 heavy (non-hydrogen) atoms. The van der Waals surface area contributed by atoms with Gasteiger partial charge < -0.3 is 5.32 Å². The number of benzene rings is 2. The average Bonchev–Trinajstić information content (AvgIpc) is 2.93. The van der Waals surface area contributed by atoms with Crippen molar-refractivity contribution in [2.24, 2.45) is 0 Å². The van der Waals surface area contributed by atoms with E-state index in [4.69, 9.17) is 23.2 Å². The van der Waals surface area contributed by atoms with Crippen molar-refractivity contribution in [2.45, 2.75) is 0 Å². The molecule has 0 bridgehead atoms. The first-order valence-corrected chi connectivity index (χ1v) is 7.59. The zero-order valence-corrected chi connectivity index (χ0v) is 14.8. The van der Waals surface area contributed by atoms with Gasteiger partial charge in [-0.2, -0.15) is 0 Å². The fourth-order valence-corrected chi connectivity index (χ4v) is 3.01. The molecule has 0 unspecified atom stereocenters. The lowest BCUT2D eigenvalue weighted by Gasteiger charge is -2.06. The molecule has 0 saturated carbocycles. The van der Waals surface area contributed by atoms with Gasteiger partial charge in [-0.15, -0.1) is 28.3 Å². The van der Waals surface area contributed by atoms with Gasteiger partial charge in [-0.25, -0.2) is 4.98 Å². The Labute approximate surface area is 147 Å². The van der Waals surface area contributed by atoms with Gasteiger partial charge in [0.1, 0.15) is 0 Å². The maximum atomic E-state index is 6.13. The van der Waals surface area contributed by atoms with E-state index >= 15 is 0 Å². The number of rotatable bonds is 3. The molecular formula is C15H11BrCl2N2S. The van der Waals surface area contributed by atoms with Crippen LogP contribution in [0.25, 0.3) is 11.3 Å². The maximum absolute atomic E-state index is 6.13. The zero-order valence-electron chi connectivity index (χ0n) is 10.7. The first kappa shape index (κ1) is 16.3. The van der Waals surface area contributed by atoms with Crippen LogP contribution in [0, 0.1) is 0 Å². The predicted molar refractivity (Wildman–Crippen MR) is 97.6 cm³/mol. The van der Waals surface area contributed by atoms with Gasteiger partial charge in [0.2, 0.25) is 0 Å². The molecule has 3 rings (SSSR count). The summed E-state index contributed by atoms with van der Waals surface area (Å²) in [6.07, 6.45) is 0. The van der Waals surface area contributed by atoms with Crippen molar-refractivity contribution in [1.29, 1.82) is 0 Å². The van der Waals surface area contributed by atoms with Crippen LogP contribution in [-0.2, 0) is 0 Å². The Morgan fingerprint density at radius 1 is 0.905 bits per heavy atom. The molecule has 0 aliphatic carbocycles. The van der Waals surface area contributed by atoms with E-state index in [-0.39, 0.29) is 17.0 Å². The molecule has 0 fully saturated rings. The monoisotopic (exact) mass is 400 g/mol. The van der Waals surface area contributed by atoms with Crippen LogP contribution in [0.4, 0.5) is 10.8 Å². The van der Waals surface area contributed by atoms with Crippen LogP contribution in [0.3, 0.4) is 0 Å². The van der Waals surface area contributed by atoms with Gasteiger partial charge in [0.25, 0.3) is 0 Å². The number of thiazole rings is 1. The molecule has 0 amide bonds. The summed E-state index contributed by atoms with van der Waals surface area (Å²) in [6.45, 7) is 0. The first-order chi connectivity index (χ1) is 9.74. The van der Waals surface area contributed by atoms with Crippen LogP contribution in [-0.4, -0.2) is 4.98 Å². The Kier molecular flexibility index (Phi) is 5.65.